The van der Waals surface area contributed by atoms with Crippen LogP contribution < -0.4 is 10.6 Å². The molecule has 26 heteroatoms. The van der Waals surface area contributed by atoms with Crippen LogP contribution >= 0.6 is 0 Å². The van der Waals surface area contributed by atoms with E-state index in [1.54, 1.807) is 27.7 Å². The number of aliphatic hydroxyl groups is 9. The molecule has 87 heavy (non-hydrogen) atoms. The van der Waals surface area contributed by atoms with Crippen molar-refractivity contribution in [3.8, 4) is 0 Å². The van der Waals surface area contributed by atoms with E-state index in [1.807, 2.05) is 0 Å². The fourth-order valence-electron chi connectivity index (χ4n) is 10.2. The second-order valence-electron chi connectivity index (χ2n) is 24.1. The fourth-order valence-corrected chi connectivity index (χ4v) is 10.2. The predicted octanol–water partition coefficient (Wildman–Crippen LogP) is 2.00. The molecule has 11 N–H and O–H groups in total. The molecule has 15 unspecified atom stereocenters. The Morgan fingerprint density at radius 2 is 0.713 bits per heavy atom. The molecule has 26 nitrogen and oxygen atoms in total. The van der Waals surface area contributed by atoms with Crippen molar-refractivity contribution in [2.45, 2.75) is 243 Å². The topological polar surface area (TPSA) is 392 Å². The van der Waals surface area contributed by atoms with Crippen molar-refractivity contribution < 1.29 is 117 Å². The lowest BCUT2D eigenvalue weighted by atomic mass is 9.92. The number of carbonyl (C=O) groups is 6. The van der Waals surface area contributed by atoms with Gasteiger partial charge in [-0.25, -0.2) is 4.79 Å². The van der Waals surface area contributed by atoms with Gasteiger partial charge >= 0.3 is 6.09 Å². The van der Waals surface area contributed by atoms with Crippen LogP contribution in [0, 0.1) is 23.2 Å². The highest BCUT2D eigenvalue weighted by Gasteiger charge is 2.45. The Morgan fingerprint density at radius 1 is 0.391 bits per heavy atom. The summed E-state index contributed by atoms with van der Waals surface area (Å²) in [6.45, 7) is 7.16. The van der Waals surface area contributed by atoms with Gasteiger partial charge in [-0.05, 0) is 70.6 Å². The standard InChI is InChI=1S/C61H108N2O24/c1-40-51(72)54(75)47(34-64)85-57(40)81-29-14-11-22-43(67)18-7-5-9-20-45(69)25-32-79-37-61(4,39-84-60(78)63-28-17-27-62-50(71)24-13-16-31-83-59-42(3)53(74)56(77)49(36-66)87-59)38-80-33-26-46(70)21-10-6-8-19-44(68)23-12-15-30-82-58-41(2)52(73)55(76)48(35-65)86-58/h40-42,47-49,51-59,64-66,72-77H,5-39H2,1-4H3,(H,62,71)(H,63,78). The van der Waals surface area contributed by atoms with Gasteiger partial charge in [0.05, 0.1) is 64.6 Å². The van der Waals surface area contributed by atoms with Crippen LogP contribution in [-0.4, -0.2) is 241 Å². The van der Waals surface area contributed by atoms with Gasteiger partial charge in [0, 0.05) is 114 Å². The SMILES string of the molecule is CC1C(OCCCCC(=O)CCCCCC(=O)CCOCC(C)(COCCC(=O)CCCCCC(=O)CCCCOC2OC(CO)C(O)C(O)C2C)COC(=O)NCCCNC(=O)CCCCOC2OC(CO)C(O)C(O)C2C)OC(CO)C(O)C1O. The molecular formula is C61H108N2O24. The lowest BCUT2D eigenvalue weighted by Crippen LogP contribution is -2.55. The lowest BCUT2D eigenvalue weighted by Gasteiger charge is -2.40. The van der Waals surface area contributed by atoms with Gasteiger partial charge in [0.25, 0.3) is 0 Å². The van der Waals surface area contributed by atoms with E-state index in [0.29, 0.717) is 142 Å². The molecule has 0 saturated carbocycles. The third kappa shape index (κ3) is 30.6. The first-order valence-electron chi connectivity index (χ1n) is 31.8. The smallest absolute Gasteiger partial charge is 0.407 e. The summed E-state index contributed by atoms with van der Waals surface area (Å²) in [6, 6.07) is 0. The van der Waals surface area contributed by atoms with Crippen LogP contribution in [0.15, 0.2) is 0 Å². The monoisotopic (exact) mass is 1250 g/mol. The van der Waals surface area contributed by atoms with Crippen molar-refractivity contribution >= 4 is 35.1 Å². The van der Waals surface area contributed by atoms with Gasteiger partial charge in [-0.15, -0.1) is 0 Å². The number of hydrogen-bond acceptors (Lipinski definition) is 24. The summed E-state index contributed by atoms with van der Waals surface area (Å²) < 4.78 is 51.3. The van der Waals surface area contributed by atoms with E-state index >= 15 is 0 Å². The first-order valence-corrected chi connectivity index (χ1v) is 31.8. The number of ketones is 4. The number of alkyl carbamates (subject to hydrolysis) is 1. The van der Waals surface area contributed by atoms with Crippen LogP contribution in [0.25, 0.3) is 0 Å². The van der Waals surface area contributed by atoms with Gasteiger partial charge < -0.3 is 99.2 Å². The number of amides is 2. The normalized spacial score (nSPS) is 28.2. The maximum absolute atomic E-state index is 12.8. The minimum Gasteiger partial charge on any atom is -0.449 e. The molecule has 3 aliphatic rings. The second kappa shape index (κ2) is 44.3. The van der Waals surface area contributed by atoms with Crippen molar-refractivity contribution in [2.75, 3.05) is 85.8 Å². The summed E-state index contributed by atoms with van der Waals surface area (Å²) >= 11 is 0. The highest BCUT2D eigenvalue weighted by molar-refractivity contribution is 5.79. The number of nitrogens with one attached hydrogen (secondary N) is 2. The third-order valence-electron chi connectivity index (χ3n) is 16.2. The minimum atomic E-state index is -1.22. The van der Waals surface area contributed by atoms with E-state index < -0.39 is 123 Å². The summed E-state index contributed by atoms with van der Waals surface area (Å²) in [6.07, 6.45) is -2.03. The molecule has 2 amide bonds. The Morgan fingerprint density at radius 3 is 1.07 bits per heavy atom. The van der Waals surface area contributed by atoms with Crippen molar-refractivity contribution in [1.29, 1.82) is 0 Å². The largest absolute Gasteiger partial charge is 0.449 e. The first-order chi connectivity index (χ1) is 41.6. The molecule has 3 fully saturated rings. The molecule has 15 atom stereocenters. The van der Waals surface area contributed by atoms with E-state index in [9.17, 15) is 74.7 Å². The van der Waals surface area contributed by atoms with Crippen molar-refractivity contribution in [1.82, 2.24) is 10.6 Å². The maximum atomic E-state index is 12.8. The zero-order valence-electron chi connectivity index (χ0n) is 52.1. The summed E-state index contributed by atoms with van der Waals surface area (Å²) in [5.74, 6) is -1.40. The number of ether oxygens (including phenoxy) is 9. The Kier molecular flexibility index (Phi) is 39.7. The van der Waals surface area contributed by atoms with Crippen LogP contribution in [0.2, 0.25) is 0 Å². The number of rotatable bonds is 49. The van der Waals surface area contributed by atoms with Crippen molar-refractivity contribution in [3.63, 3.8) is 0 Å². The Bertz CT molecular complexity index is 1840. The molecule has 3 heterocycles. The first kappa shape index (κ1) is 78.0. The van der Waals surface area contributed by atoms with E-state index in [2.05, 4.69) is 10.6 Å². The van der Waals surface area contributed by atoms with Gasteiger partial charge in [0.1, 0.15) is 66.4 Å². The number of carbonyl (C=O) groups excluding carboxylic acids is 6. The molecule has 3 aliphatic heterocycles. The molecule has 0 aromatic heterocycles. The minimum absolute atomic E-state index is 0.0100. The van der Waals surface area contributed by atoms with Crippen LogP contribution in [0.1, 0.15) is 169 Å². The molecule has 3 rings (SSSR count). The average Bonchev–Trinajstić information content (AvgIpc) is 1.97. The number of aliphatic hydroxyl groups excluding tert-OH is 9. The fraction of sp³-hybridized carbons (Fsp3) is 0.902. The van der Waals surface area contributed by atoms with Gasteiger partial charge in [0.15, 0.2) is 18.9 Å². The number of Topliss-reactive ketones (excluding diaryl/α,β-unsaturated/α-hetero) is 4. The van der Waals surface area contributed by atoms with Crippen LogP contribution in [0.4, 0.5) is 4.79 Å². The average molecular weight is 1250 g/mol. The van der Waals surface area contributed by atoms with Crippen molar-refractivity contribution in [2.24, 2.45) is 23.2 Å². The Balaban J connectivity index is 1.31. The van der Waals surface area contributed by atoms with Gasteiger partial charge in [-0.1, -0.05) is 40.5 Å². The molecule has 506 valence electrons. The van der Waals surface area contributed by atoms with Crippen molar-refractivity contribution in [3.05, 3.63) is 0 Å². The molecule has 0 aromatic rings. The summed E-state index contributed by atoms with van der Waals surface area (Å²) in [5.41, 5.74) is -0.852. The van der Waals surface area contributed by atoms with Crippen LogP contribution in [-0.2, 0) is 66.6 Å². The van der Waals surface area contributed by atoms with E-state index in [0.717, 1.165) is 0 Å². The van der Waals surface area contributed by atoms with Gasteiger partial charge in [-0.3, -0.25) is 24.0 Å². The molecule has 0 bridgehead atoms. The maximum Gasteiger partial charge on any atom is 0.407 e. The van der Waals surface area contributed by atoms with E-state index in [4.69, 9.17) is 42.6 Å². The molecule has 0 spiro atoms. The molecular weight excluding hydrogens is 1140 g/mol. The zero-order valence-corrected chi connectivity index (χ0v) is 52.1. The van der Waals surface area contributed by atoms with E-state index in [1.165, 1.54) is 0 Å². The molecule has 3 saturated heterocycles. The Hall–Kier alpha value is -3.26. The van der Waals surface area contributed by atoms with Crippen LogP contribution in [0.3, 0.4) is 0 Å². The predicted molar refractivity (Wildman–Crippen MR) is 312 cm³/mol. The highest BCUT2D eigenvalue weighted by atomic mass is 16.7. The Labute approximate surface area is 513 Å². The molecule has 0 radical (unpaired) electrons. The zero-order chi connectivity index (χ0) is 64.2. The number of hydrogen-bond donors (Lipinski definition) is 11. The van der Waals surface area contributed by atoms with Crippen LogP contribution in [0.5, 0.6) is 0 Å². The highest BCUT2D eigenvalue weighted by Crippen LogP contribution is 2.30. The second-order valence-corrected chi connectivity index (χ2v) is 24.1. The van der Waals surface area contributed by atoms with Gasteiger partial charge in [-0.2, -0.15) is 0 Å². The summed E-state index contributed by atoms with van der Waals surface area (Å²) in [5, 5.41) is 94.4. The lowest BCUT2D eigenvalue weighted by molar-refractivity contribution is -0.282. The quantitative estimate of drug-likeness (QED) is 0.0388. The van der Waals surface area contributed by atoms with Gasteiger partial charge in [0.2, 0.25) is 5.91 Å². The molecule has 0 aromatic carbocycles. The third-order valence-corrected chi connectivity index (χ3v) is 16.2. The molecule has 0 aliphatic carbocycles. The number of unbranched alkanes of at least 4 members (excludes halogenated alkanes) is 7. The van der Waals surface area contributed by atoms with E-state index in [-0.39, 0.29) is 94.5 Å². The summed E-state index contributed by atoms with van der Waals surface area (Å²) in [4.78, 5) is 75.7. The summed E-state index contributed by atoms with van der Waals surface area (Å²) in [7, 11) is 0.